The van der Waals surface area contributed by atoms with E-state index in [1.807, 2.05) is 6.92 Å². The molecule has 2 N–H and O–H groups in total. The molecule has 0 heterocycles. The topological polar surface area (TPSA) is 84.3 Å². The summed E-state index contributed by atoms with van der Waals surface area (Å²) in [6, 6.07) is 5.74. The summed E-state index contributed by atoms with van der Waals surface area (Å²) in [6.07, 6.45) is 1.94. The number of hydrogen-bond acceptors (Lipinski definition) is 4. The molecule has 19 heavy (non-hydrogen) atoms. The Morgan fingerprint density at radius 2 is 2.11 bits per heavy atom. The largest absolute Gasteiger partial charge is 0.362 e. The van der Waals surface area contributed by atoms with Gasteiger partial charge in [-0.1, -0.05) is 25.5 Å². The highest BCUT2D eigenvalue weighted by molar-refractivity contribution is 7.80. The lowest BCUT2D eigenvalue weighted by Crippen LogP contribution is -2.39. The average Bonchev–Trinajstić information content (AvgIpc) is 2.39. The molecule has 102 valence electrons. The molecule has 1 aromatic rings. The lowest BCUT2D eigenvalue weighted by Gasteiger charge is -2.09. The highest BCUT2D eigenvalue weighted by Gasteiger charge is 2.19. The Balaban J connectivity index is 2.68. The predicted molar refractivity (Wildman–Crippen MR) is 76.1 cm³/mol. The van der Waals surface area contributed by atoms with E-state index in [1.54, 1.807) is 6.07 Å². The molecule has 0 unspecified atom stereocenters. The third-order valence-corrected chi connectivity index (χ3v) is 2.63. The molecule has 1 amide bonds. The van der Waals surface area contributed by atoms with Crippen LogP contribution in [0.3, 0.4) is 0 Å². The number of carbonyl (C=O) groups is 1. The van der Waals surface area contributed by atoms with Crippen LogP contribution in [0.15, 0.2) is 24.3 Å². The lowest BCUT2D eigenvalue weighted by molar-refractivity contribution is -0.385. The number of nitrogens with zero attached hydrogens (tertiary/aromatic N) is 1. The Morgan fingerprint density at radius 3 is 2.74 bits per heavy atom. The fourth-order valence-corrected chi connectivity index (χ4v) is 1.61. The van der Waals surface area contributed by atoms with E-state index in [1.165, 1.54) is 18.2 Å². The highest BCUT2D eigenvalue weighted by atomic mass is 32.1. The van der Waals surface area contributed by atoms with Crippen LogP contribution < -0.4 is 10.6 Å². The van der Waals surface area contributed by atoms with Crippen molar-refractivity contribution in [2.75, 3.05) is 6.54 Å². The van der Waals surface area contributed by atoms with Crippen molar-refractivity contribution >= 4 is 28.9 Å². The summed E-state index contributed by atoms with van der Waals surface area (Å²) in [6.45, 7) is 2.70. The number of nitro benzene ring substituents is 1. The fourth-order valence-electron chi connectivity index (χ4n) is 1.42. The number of hydrogen-bond donors (Lipinski definition) is 2. The molecule has 0 aromatic heterocycles. The predicted octanol–water partition coefficient (Wildman–Crippen LogP) is 2.00. The Morgan fingerprint density at radius 1 is 1.42 bits per heavy atom. The number of rotatable bonds is 5. The van der Waals surface area contributed by atoms with Crippen LogP contribution in [0.5, 0.6) is 0 Å². The maximum Gasteiger partial charge on any atom is 0.282 e. The first-order valence-electron chi connectivity index (χ1n) is 5.89. The second kappa shape index (κ2) is 7.42. The van der Waals surface area contributed by atoms with Crippen LogP contribution in [0.1, 0.15) is 30.1 Å². The van der Waals surface area contributed by atoms with Gasteiger partial charge in [-0.15, -0.1) is 0 Å². The van der Waals surface area contributed by atoms with Crippen LogP contribution in [0.4, 0.5) is 5.69 Å². The van der Waals surface area contributed by atoms with Gasteiger partial charge in [-0.2, -0.15) is 0 Å². The minimum Gasteiger partial charge on any atom is -0.362 e. The molecule has 7 heteroatoms. The van der Waals surface area contributed by atoms with Crippen molar-refractivity contribution in [1.29, 1.82) is 0 Å². The molecule has 0 aliphatic carbocycles. The summed E-state index contributed by atoms with van der Waals surface area (Å²) < 4.78 is 0. The smallest absolute Gasteiger partial charge is 0.282 e. The summed E-state index contributed by atoms with van der Waals surface area (Å²) in [5, 5.41) is 16.3. The number of unbranched alkanes of at least 4 members (excludes halogenated alkanes) is 1. The Bertz CT molecular complexity index is 491. The molecule has 0 bridgehead atoms. The molecule has 0 fully saturated rings. The van der Waals surface area contributed by atoms with Gasteiger partial charge in [0.15, 0.2) is 5.11 Å². The molecule has 1 aromatic carbocycles. The van der Waals surface area contributed by atoms with Crippen molar-refractivity contribution in [3.63, 3.8) is 0 Å². The van der Waals surface area contributed by atoms with Gasteiger partial charge in [0.1, 0.15) is 5.56 Å². The van der Waals surface area contributed by atoms with Crippen LogP contribution in [-0.2, 0) is 0 Å². The third kappa shape index (κ3) is 4.63. The zero-order valence-corrected chi connectivity index (χ0v) is 11.3. The van der Waals surface area contributed by atoms with E-state index in [0.29, 0.717) is 6.54 Å². The van der Waals surface area contributed by atoms with Gasteiger partial charge in [-0.05, 0) is 24.7 Å². The maximum absolute atomic E-state index is 11.9. The van der Waals surface area contributed by atoms with Crippen molar-refractivity contribution in [3.8, 4) is 0 Å². The second-order valence-electron chi connectivity index (χ2n) is 3.84. The summed E-state index contributed by atoms with van der Waals surface area (Å²) in [7, 11) is 0. The van der Waals surface area contributed by atoms with Crippen LogP contribution in [0.25, 0.3) is 0 Å². The summed E-state index contributed by atoms with van der Waals surface area (Å²) in [5.41, 5.74) is -0.247. The maximum atomic E-state index is 11.9. The van der Waals surface area contributed by atoms with Crippen molar-refractivity contribution in [3.05, 3.63) is 39.9 Å². The Kier molecular flexibility index (Phi) is 5.87. The standard InChI is InChI=1S/C12H15N3O3S/c1-2-3-8-13-12(19)14-11(16)9-6-4-5-7-10(9)15(17)18/h4-7H,2-3,8H2,1H3,(H2,13,14,16,19). The number of carbonyl (C=O) groups excluding carboxylic acids is 1. The third-order valence-electron chi connectivity index (χ3n) is 2.39. The van der Waals surface area contributed by atoms with Gasteiger partial charge in [-0.25, -0.2) is 0 Å². The minimum atomic E-state index is -0.595. The number of thiocarbonyl (C=S) groups is 1. The first-order valence-corrected chi connectivity index (χ1v) is 6.29. The van der Waals surface area contributed by atoms with Crippen LogP contribution >= 0.6 is 12.2 Å². The van der Waals surface area contributed by atoms with E-state index in [-0.39, 0.29) is 16.4 Å². The van der Waals surface area contributed by atoms with E-state index in [4.69, 9.17) is 12.2 Å². The Labute approximate surface area is 116 Å². The van der Waals surface area contributed by atoms with Crippen LogP contribution in [0, 0.1) is 10.1 Å². The summed E-state index contributed by atoms with van der Waals surface area (Å²) in [4.78, 5) is 22.1. The molecule has 0 radical (unpaired) electrons. The van der Waals surface area contributed by atoms with Gasteiger partial charge in [0.25, 0.3) is 11.6 Å². The van der Waals surface area contributed by atoms with Crippen LogP contribution in [-0.4, -0.2) is 22.5 Å². The number of para-hydroxylation sites is 1. The quantitative estimate of drug-likeness (QED) is 0.373. The van der Waals surface area contributed by atoms with Gasteiger partial charge >= 0.3 is 0 Å². The number of amides is 1. The van der Waals surface area contributed by atoms with E-state index in [0.717, 1.165) is 12.8 Å². The molecule has 0 saturated heterocycles. The fraction of sp³-hybridized carbons (Fsp3) is 0.333. The van der Waals surface area contributed by atoms with Gasteiger partial charge < -0.3 is 5.32 Å². The van der Waals surface area contributed by atoms with Crippen molar-refractivity contribution in [2.24, 2.45) is 0 Å². The minimum absolute atomic E-state index is 0.00728. The molecule has 0 spiro atoms. The van der Waals surface area contributed by atoms with Crippen molar-refractivity contribution < 1.29 is 9.72 Å². The van der Waals surface area contributed by atoms with Gasteiger partial charge in [-0.3, -0.25) is 20.2 Å². The second-order valence-corrected chi connectivity index (χ2v) is 4.25. The zero-order chi connectivity index (χ0) is 14.3. The molecule has 0 aliphatic rings. The molecule has 1 rings (SSSR count). The van der Waals surface area contributed by atoms with Crippen molar-refractivity contribution in [2.45, 2.75) is 19.8 Å². The van der Waals surface area contributed by atoms with Gasteiger partial charge in [0, 0.05) is 12.6 Å². The van der Waals surface area contributed by atoms with Crippen molar-refractivity contribution in [1.82, 2.24) is 10.6 Å². The zero-order valence-electron chi connectivity index (χ0n) is 10.5. The van der Waals surface area contributed by atoms with Gasteiger partial charge in [0.2, 0.25) is 0 Å². The monoisotopic (exact) mass is 281 g/mol. The Hall–Kier alpha value is -2.02. The molecule has 0 saturated carbocycles. The van der Waals surface area contributed by atoms with E-state index in [9.17, 15) is 14.9 Å². The summed E-state index contributed by atoms with van der Waals surface area (Å²) >= 11 is 4.94. The van der Waals surface area contributed by atoms with Gasteiger partial charge in [0.05, 0.1) is 4.92 Å². The molecular formula is C12H15N3O3S. The number of benzene rings is 1. The molecule has 0 atom stereocenters. The average molecular weight is 281 g/mol. The highest BCUT2D eigenvalue weighted by Crippen LogP contribution is 2.17. The first kappa shape index (κ1) is 15.0. The van der Waals surface area contributed by atoms with E-state index < -0.39 is 10.8 Å². The summed E-state index contributed by atoms with van der Waals surface area (Å²) in [5.74, 6) is -0.582. The number of nitro groups is 1. The molecule has 6 nitrogen and oxygen atoms in total. The molecular weight excluding hydrogens is 266 g/mol. The molecule has 0 aliphatic heterocycles. The van der Waals surface area contributed by atoms with Crippen LogP contribution in [0.2, 0.25) is 0 Å². The van der Waals surface area contributed by atoms with E-state index in [2.05, 4.69) is 10.6 Å². The lowest BCUT2D eigenvalue weighted by atomic mass is 10.1. The number of nitrogens with one attached hydrogen (secondary N) is 2. The van der Waals surface area contributed by atoms with E-state index >= 15 is 0 Å². The normalized spacial score (nSPS) is 9.74. The first-order chi connectivity index (χ1) is 9.06. The SMILES string of the molecule is CCCCNC(=S)NC(=O)c1ccccc1[N+](=O)[O-].